The molecule has 1 aliphatic carbocycles. The smallest absolute Gasteiger partial charge is 0.270 e. The minimum Gasteiger partial charge on any atom is -0.397 e. The van der Waals surface area contributed by atoms with Crippen LogP contribution >= 0.6 is 0 Å². The van der Waals surface area contributed by atoms with Crippen molar-refractivity contribution in [1.82, 2.24) is 9.47 Å². The number of nitrogen functional groups attached to an aromatic ring is 1. The molecule has 1 amide bonds. The lowest BCUT2D eigenvalue weighted by molar-refractivity contribution is 0.0660. The molecule has 1 aromatic heterocycles. The van der Waals surface area contributed by atoms with Crippen molar-refractivity contribution in [3.63, 3.8) is 0 Å². The van der Waals surface area contributed by atoms with Crippen LogP contribution in [0.5, 0.6) is 0 Å². The molecule has 2 fully saturated rings. The Kier molecular flexibility index (Phi) is 3.25. The zero-order chi connectivity index (χ0) is 13.4. The summed E-state index contributed by atoms with van der Waals surface area (Å²) in [5.41, 5.74) is 7.37. The van der Waals surface area contributed by atoms with Gasteiger partial charge in [-0.25, -0.2) is 0 Å². The number of carbonyl (C=O) groups excluding carboxylic acids is 1. The van der Waals surface area contributed by atoms with Gasteiger partial charge in [-0.1, -0.05) is 13.3 Å². The van der Waals surface area contributed by atoms with Crippen molar-refractivity contribution in [1.29, 1.82) is 0 Å². The summed E-state index contributed by atoms with van der Waals surface area (Å²) in [4.78, 5) is 14.7. The maximum atomic E-state index is 12.7. The summed E-state index contributed by atoms with van der Waals surface area (Å²) >= 11 is 0. The second-order valence-electron chi connectivity index (χ2n) is 5.96. The maximum Gasteiger partial charge on any atom is 0.270 e. The van der Waals surface area contributed by atoms with E-state index in [1.165, 1.54) is 19.3 Å². The molecule has 0 aromatic carbocycles. The van der Waals surface area contributed by atoms with Gasteiger partial charge in [-0.3, -0.25) is 4.79 Å². The molecule has 4 nitrogen and oxygen atoms in total. The molecule has 1 atom stereocenters. The Morgan fingerprint density at radius 1 is 1.42 bits per heavy atom. The summed E-state index contributed by atoms with van der Waals surface area (Å²) in [5, 5.41) is 0. The summed E-state index contributed by atoms with van der Waals surface area (Å²) in [6.07, 6.45) is 7.82. The number of nitrogens with zero attached hydrogens (tertiary/aromatic N) is 2. The molecule has 0 spiro atoms. The van der Waals surface area contributed by atoms with Gasteiger partial charge < -0.3 is 15.2 Å². The number of hydrogen-bond donors (Lipinski definition) is 1. The minimum absolute atomic E-state index is 0.168. The Bertz CT molecular complexity index is 476. The molecule has 0 bridgehead atoms. The second kappa shape index (κ2) is 4.91. The van der Waals surface area contributed by atoms with Crippen LogP contribution < -0.4 is 5.73 Å². The van der Waals surface area contributed by atoms with Gasteiger partial charge in [0.15, 0.2) is 0 Å². The standard InChI is InChI=1S/C15H23N3O/c1-2-11-4-3-7-17(9-11)15(19)14-8-12(16)10-18(14)13-5-6-13/h8,10-11,13H,2-7,9,16H2,1H3. The molecule has 2 aliphatic rings. The van der Waals surface area contributed by atoms with Crippen molar-refractivity contribution in [2.75, 3.05) is 18.8 Å². The molecule has 1 unspecified atom stereocenters. The first kappa shape index (κ1) is 12.6. The van der Waals surface area contributed by atoms with Gasteiger partial charge in [-0.15, -0.1) is 0 Å². The molecule has 4 heteroatoms. The normalized spacial score (nSPS) is 23.6. The Morgan fingerprint density at radius 3 is 2.89 bits per heavy atom. The molecule has 2 N–H and O–H groups in total. The number of carbonyl (C=O) groups is 1. The highest BCUT2D eigenvalue weighted by Crippen LogP contribution is 2.37. The van der Waals surface area contributed by atoms with Gasteiger partial charge in [0.2, 0.25) is 0 Å². The van der Waals surface area contributed by atoms with Crippen LogP contribution in [0.2, 0.25) is 0 Å². The predicted octanol–water partition coefficient (Wildman–Crippen LogP) is 2.67. The summed E-state index contributed by atoms with van der Waals surface area (Å²) in [5.74, 6) is 0.834. The Hall–Kier alpha value is -1.45. The Balaban J connectivity index is 1.79. The van der Waals surface area contributed by atoms with Crippen molar-refractivity contribution in [2.45, 2.75) is 45.1 Å². The number of piperidine rings is 1. The Morgan fingerprint density at radius 2 is 2.21 bits per heavy atom. The van der Waals surface area contributed by atoms with Crippen LogP contribution in [-0.4, -0.2) is 28.5 Å². The molecule has 19 heavy (non-hydrogen) atoms. The van der Waals surface area contributed by atoms with Crippen LogP contribution in [0.25, 0.3) is 0 Å². The predicted molar refractivity (Wildman–Crippen MR) is 76.0 cm³/mol. The van der Waals surface area contributed by atoms with Crippen molar-refractivity contribution in [2.24, 2.45) is 5.92 Å². The van der Waals surface area contributed by atoms with E-state index in [9.17, 15) is 4.79 Å². The van der Waals surface area contributed by atoms with E-state index in [2.05, 4.69) is 11.5 Å². The molecule has 1 aromatic rings. The topological polar surface area (TPSA) is 51.3 Å². The lowest BCUT2D eigenvalue weighted by Crippen LogP contribution is -2.40. The van der Waals surface area contributed by atoms with Crippen LogP contribution in [0.4, 0.5) is 5.69 Å². The first-order valence-electron chi connectivity index (χ1n) is 7.45. The molecule has 0 radical (unpaired) electrons. The fourth-order valence-corrected chi connectivity index (χ4v) is 3.07. The SMILES string of the molecule is CCC1CCCN(C(=O)c2cc(N)cn2C2CC2)C1. The van der Waals surface area contributed by atoms with Gasteiger partial charge >= 0.3 is 0 Å². The average molecular weight is 261 g/mol. The summed E-state index contributed by atoms with van der Waals surface area (Å²) in [6, 6.07) is 2.35. The fraction of sp³-hybridized carbons (Fsp3) is 0.667. The summed E-state index contributed by atoms with van der Waals surface area (Å²) < 4.78 is 2.09. The second-order valence-corrected chi connectivity index (χ2v) is 5.96. The summed E-state index contributed by atoms with van der Waals surface area (Å²) in [7, 11) is 0. The maximum absolute atomic E-state index is 12.7. The average Bonchev–Trinajstić information content (AvgIpc) is 3.21. The van der Waals surface area contributed by atoms with E-state index < -0.39 is 0 Å². The molecule has 104 valence electrons. The molecular formula is C15H23N3O. The van der Waals surface area contributed by atoms with E-state index in [-0.39, 0.29) is 5.91 Å². The number of amides is 1. The molecular weight excluding hydrogens is 238 g/mol. The molecule has 1 saturated heterocycles. The monoisotopic (exact) mass is 261 g/mol. The lowest BCUT2D eigenvalue weighted by Gasteiger charge is -2.32. The minimum atomic E-state index is 0.168. The van der Waals surface area contributed by atoms with Gasteiger partial charge in [0.1, 0.15) is 5.69 Å². The van der Waals surface area contributed by atoms with Gasteiger partial charge in [0.05, 0.1) is 5.69 Å². The summed E-state index contributed by atoms with van der Waals surface area (Å²) in [6.45, 7) is 4.01. The highest BCUT2D eigenvalue weighted by Gasteiger charge is 2.31. The highest BCUT2D eigenvalue weighted by atomic mass is 16.2. The third-order valence-electron chi connectivity index (χ3n) is 4.41. The van der Waals surface area contributed by atoms with Gasteiger partial charge in [-0.05, 0) is 37.7 Å². The van der Waals surface area contributed by atoms with Crippen LogP contribution in [-0.2, 0) is 0 Å². The number of aromatic nitrogens is 1. The highest BCUT2D eigenvalue weighted by molar-refractivity contribution is 5.94. The molecule has 3 rings (SSSR count). The molecule has 1 aliphatic heterocycles. The quantitative estimate of drug-likeness (QED) is 0.909. The van der Waals surface area contributed by atoms with Crippen LogP contribution in [0.1, 0.15) is 55.6 Å². The van der Waals surface area contributed by atoms with Crippen LogP contribution in [0, 0.1) is 5.92 Å². The number of likely N-dealkylation sites (tertiary alicyclic amines) is 1. The zero-order valence-corrected chi connectivity index (χ0v) is 11.6. The molecule has 2 heterocycles. The van der Waals surface area contributed by atoms with Gasteiger partial charge in [-0.2, -0.15) is 0 Å². The number of nitrogens with two attached hydrogens (primary N) is 1. The van der Waals surface area contributed by atoms with E-state index in [4.69, 9.17) is 5.73 Å². The number of rotatable bonds is 3. The Labute approximate surface area is 114 Å². The van der Waals surface area contributed by atoms with E-state index in [1.807, 2.05) is 17.2 Å². The van der Waals surface area contributed by atoms with E-state index in [1.54, 1.807) is 0 Å². The lowest BCUT2D eigenvalue weighted by atomic mass is 9.95. The third kappa shape index (κ3) is 2.48. The zero-order valence-electron chi connectivity index (χ0n) is 11.6. The third-order valence-corrected chi connectivity index (χ3v) is 4.41. The largest absolute Gasteiger partial charge is 0.397 e. The number of anilines is 1. The molecule has 1 saturated carbocycles. The van der Waals surface area contributed by atoms with E-state index >= 15 is 0 Å². The van der Waals surface area contributed by atoms with E-state index in [0.29, 0.717) is 17.6 Å². The van der Waals surface area contributed by atoms with Crippen molar-refractivity contribution >= 4 is 11.6 Å². The van der Waals surface area contributed by atoms with E-state index in [0.717, 1.165) is 31.6 Å². The van der Waals surface area contributed by atoms with Crippen LogP contribution in [0.15, 0.2) is 12.3 Å². The van der Waals surface area contributed by atoms with Crippen molar-refractivity contribution < 1.29 is 4.79 Å². The first-order valence-corrected chi connectivity index (χ1v) is 7.45. The number of hydrogen-bond acceptors (Lipinski definition) is 2. The van der Waals surface area contributed by atoms with Crippen LogP contribution in [0.3, 0.4) is 0 Å². The van der Waals surface area contributed by atoms with Gasteiger partial charge in [0, 0.05) is 25.3 Å². The van der Waals surface area contributed by atoms with Crippen molar-refractivity contribution in [3.05, 3.63) is 18.0 Å². The van der Waals surface area contributed by atoms with Gasteiger partial charge in [0.25, 0.3) is 5.91 Å². The van der Waals surface area contributed by atoms with Crippen molar-refractivity contribution in [3.8, 4) is 0 Å². The first-order chi connectivity index (χ1) is 9.19. The fourth-order valence-electron chi connectivity index (χ4n) is 3.07.